The molecule has 1 saturated carbocycles. The molecule has 0 spiro atoms. The zero-order chi connectivity index (χ0) is 47.3. The number of allylic oxidation sites excluding steroid dienone is 13. The molecule has 366 valence electrons. The quantitative estimate of drug-likeness (QED) is 0.0102. The van der Waals surface area contributed by atoms with Crippen LogP contribution in [0.4, 0.5) is 0 Å². The van der Waals surface area contributed by atoms with Gasteiger partial charge in [0.2, 0.25) is 0 Å². The Bertz CT molecular complexity index is 1460. The van der Waals surface area contributed by atoms with Gasteiger partial charge >= 0.3 is 19.8 Å². The molecule has 0 aromatic heterocycles. The number of unbranched alkanes of at least 4 members (excludes halogenated alkanes) is 10. The normalized spacial score (nSPS) is 22.8. The van der Waals surface area contributed by atoms with E-state index in [1.165, 1.54) is 38.5 Å². The van der Waals surface area contributed by atoms with Gasteiger partial charge in [0.1, 0.15) is 43.2 Å². The van der Waals surface area contributed by atoms with E-state index in [4.69, 9.17) is 18.5 Å². The fraction of sp³-hybridized carbons (Fsp3) is 0.673. The first-order valence-corrected chi connectivity index (χ1v) is 25.0. The monoisotopic (exact) mass is 925 g/mol. The molecular formula is C49H81O14P. The second-order valence-electron chi connectivity index (χ2n) is 16.1. The number of carbonyl (C=O) groups excluding carboxylic acids is 2. The van der Waals surface area contributed by atoms with Crippen molar-refractivity contribution in [3.05, 3.63) is 85.1 Å². The molecular weight excluding hydrogens is 843 g/mol. The Labute approximate surface area is 382 Å². The van der Waals surface area contributed by atoms with Crippen LogP contribution in [0.1, 0.15) is 149 Å². The summed E-state index contributed by atoms with van der Waals surface area (Å²) in [5.41, 5.74) is 0. The van der Waals surface area contributed by atoms with E-state index in [0.29, 0.717) is 32.1 Å². The third-order valence-corrected chi connectivity index (χ3v) is 11.3. The van der Waals surface area contributed by atoms with E-state index >= 15 is 0 Å². The van der Waals surface area contributed by atoms with Crippen molar-refractivity contribution >= 4 is 19.8 Å². The first-order chi connectivity index (χ1) is 30.8. The molecule has 0 saturated heterocycles. The highest BCUT2D eigenvalue weighted by Crippen LogP contribution is 2.47. The van der Waals surface area contributed by atoms with Crippen LogP contribution in [0, 0.1) is 0 Å². The molecule has 0 aromatic rings. The molecule has 1 fully saturated rings. The van der Waals surface area contributed by atoms with Gasteiger partial charge in [0, 0.05) is 12.8 Å². The maximum Gasteiger partial charge on any atom is 0.472 e. The predicted octanol–water partition coefficient (Wildman–Crippen LogP) is 8.25. The summed E-state index contributed by atoms with van der Waals surface area (Å²) in [6.07, 6.45) is 32.6. The summed E-state index contributed by atoms with van der Waals surface area (Å²) >= 11 is 0. The fourth-order valence-electron chi connectivity index (χ4n) is 6.46. The van der Waals surface area contributed by atoms with Gasteiger partial charge in [-0.25, -0.2) is 4.57 Å². The van der Waals surface area contributed by atoms with E-state index in [9.17, 15) is 49.7 Å². The molecule has 15 heteroatoms. The van der Waals surface area contributed by atoms with E-state index < -0.39 is 81.8 Å². The number of esters is 2. The van der Waals surface area contributed by atoms with Crippen LogP contribution in [0.5, 0.6) is 0 Å². The molecule has 64 heavy (non-hydrogen) atoms. The van der Waals surface area contributed by atoms with E-state index in [1.54, 1.807) is 6.08 Å². The van der Waals surface area contributed by atoms with E-state index in [0.717, 1.165) is 51.4 Å². The van der Waals surface area contributed by atoms with Gasteiger partial charge in [-0.15, -0.1) is 0 Å². The number of ether oxygens (including phenoxy) is 2. The van der Waals surface area contributed by atoms with Crippen molar-refractivity contribution in [3.8, 4) is 0 Å². The number of hydrogen-bond donors (Lipinski definition) is 7. The molecule has 1 aliphatic carbocycles. The van der Waals surface area contributed by atoms with Crippen molar-refractivity contribution in [1.29, 1.82) is 0 Å². The lowest BCUT2D eigenvalue weighted by Crippen LogP contribution is -2.64. The van der Waals surface area contributed by atoms with Crippen LogP contribution >= 0.6 is 7.82 Å². The summed E-state index contributed by atoms with van der Waals surface area (Å²) in [4.78, 5) is 35.7. The zero-order valence-corrected chi connectivity index (χ0v) is 39.3. The maximum absolute atomic E-state index is 12.8. The summed E-state index contributed by atoms with van der Waals surface area (Å²) in [5.74, 6) is -1.26. The molecule has 3 unspecified atom stereocenters. The van der Waals surface area contributed by atoms with Gasteiger partial charge in [0.05, 0.1) is 12.7 Å². The van der Waals surface area contributed by atoms with Crippen molar-refractivity contribution in [1.82, 2.24) is 0 Å². The van der Waals surface area contributed by atoms with Gasteiger partial charge in [0.15, 0.2) is 6.10 Å². The topological polar surface area (TPSA) is 230 Å². The Hall–Kier alpha value is -3.01. The minimum atomic E-state index is -5.16. The molecule has 0 aromatic carbocycles. The van der Waals surface area contributed by atoms with E-state index in [-0.39, 0.29) is 12.8 Å². The lowest BCUT2D eigenvalue weighted by atomic mass is 9.85. The smallest absolute Gasteiger partial charge is 0.462 e. The van der Waals surface area contributed by atoms with Crippen molar-refractivity contribution < 1.29 is 68.2 Å². The Morgan fingerprint density at radius 1 is 0.562 bits per heavy atom. The van der Waals surface area contributed by atoms with Crippen molar-refractivity contribution in [2.24, 2.45) is 0 Å². The lowest BCUT2D eigenvalue weighted by molar-refractivity contribution is -0.220. The second kappa shape index (κ2) is 38.1. The summed E-state index contributed by atoms with van der Waals surface area (Å²) < 4.78 is 33.4. The maximum atomic E-state index is 12.8. The number of carbonyl (C=O) groups is 2. The molecule has 0 heterocycles. The summed E-state index contributed by atoms with van der Waals surface area (Å²) in [5, 5.41) is 60.1. The Balaban J connectivity index is 2.56. The van der Waals surface area contributed by atoms with Crippen molar-refractivity contribution in [2.75, 3.05) is 13.2 Å². The largest absolute Gasteiger partial charge is 0.472 e. The van der Waals surface area contributed by atoms with Gasteiger partial charge in [-0.2, -0.15) is 0 Å². The number of aliphatic hydroxyl groups excluding tert-OH is 6. The molecule has 14 nitrogen and oxygen atoms in total. The first kappa shape index (κ1) is 59.0. The third kappa shape index (κ3) is 30.2. The molecule has 0 aliphatic heterocycles. The number of phosphoric acid groups is 1. The van der Waals surface area contributed by atoms with Crippen LogP contribution in [0.2, 0.25) is 0 Å². The van der Waals surface area contributed by atoms with Crippen LogP contribution in [0.3, 0.4) is 0 Å². The highest BCUT2D eigenvalue weighted by Gasteiger charge is 2.51. The Morgan fingerprint density at radius 3 is 1.61 bits per heavy atom. The molecule has 1 rings (SSSR count). The number of aliphatic hydroxyl groups is 6. The Morgan fingerprint density at radius 2 is 1.03 bits per heavy atom. The van der Waals surface area contributed by atoms with Crippen LogP contribution in [0.15, 0.2) is 85.1 Å². The molecule has 0 amide bonds. The number of hydrogen-bond acceptors (Lipinski definition) is 13. The van der Waals surface area contributed by atoms with E-state index in [2.05, 4.69) is 38.2 Å². The van der Waals surface area contributed by atoms with Crippen LogP contribution < -0.4 is 0 Å². The van der Waals surface area contributed by atoms with Gasteiger partial charge < -0.3 is 45.0 Å². The zero-order valence-electron chi connectivity index (χ0n) is 38.4. The lowest BCUT2D eigenvalue weighted by Gasteiger charge is -2.41. The van der Waals surface area contributed by atoms with Gasteiger partial charge in [0.25, 0.3) is 0 Å². The first-order valence-electron chi connectivity index (χ1n) is 23.5. The van der Waals surface area contributed by atoms with Gasteiger partial charge in [-0.05, 0) is 70.6 Å². The average molecular weight is 925 g/mol. The summed E-state index contributed by atoms with van der Waals surface area (Å²) in [6, 6.07) is 0. The molecule has 1 aliphatic rings. The highest BCUT2D eigenvalue weighted by atomic mass is 31.2. The van der Waals surface area contributed by atoms with Crippen molar-refractivity contribution in [2.45, 2.75) is 198 Å². The standard InChI is InChI=1S/C49H81O14P/c1-3-5-7-8-9-10-11-12-13-14-15-16-19-22-25-28-32-36-42(51)60-38-41(39-61-64(58,59)63-49-47(56)45(54)44(53)46(55)48(49)57)62-43(52)37-33-29-26-23-20-17-18-21-24-27-31-35-40(50)34-30-6-4-2/h12-13,15-18,22-27,31,35,40-41,44-50,53-57H,3-11,14,19-21,28-30,32-34,36-39H2,1-2H3,(H,58,59)/b13-12-,16-15-,18-17-,25-22-,26-23-,27-24-,35-31+/t40-,41+,44?,45-,46+,47+,48+,49?/m0/s1. The van der Waals surface area contributed by atoms with Crippen molar-refractivity contribution in [3.63, 3.8) is 0 Å². The molecule has 7 N–H and O–H groups in total. The third-order valence-electron chi connectivity index (χ3n) is 10.3. The van der Waals surface area contributed by atoms with Gasteiger partial charge in [-0.3, -0.25) is 18.6 Å². The minimum absolute atomic E-state index is 0.0143. The SMILES string of the molecule is CCCCCCCC/C=C\C/C=C\C/C=C\CCCC(=O)OC[C@H](COP(=O)(O)OC1[C@H](O)[C@H](O)C(O)[C@H](O)[C@H]1O)OC(=O)CCC/C=C\C/C=C\C/C=C\C=C\[C@@H](O)CCCCC. The summed E-state index contributed by atoms with van der Waals surface area (Å²) in [6.45, 7) is 3.06. The predicted molar refractivity (Wildman–Crippen MR) is 250 cm³/mol. The molecule has 9 atom stereocenters. The molecule has 0 bridgehead atoms. The number of phosphoric ester groups is 1. The van der Waals surface area contributed by atoms with Gasteiger partial charge in [-0.1, -0.05) is 150 Å². The van der Waals surface area contributed by atoms with E-state index in [1.807, 2.05) is 54.7 Å². The number of rotatable bonds is 37. The average Bonchev–Trinajstić information content (AvgIpc) is 3.27. The highest BCUT2D eigenvalue weighted by molar-refractivity contribution is 7.47. The van der Waals surface area contributed by atoms with Crippen LogP contribution in [0.25, 0.3) is 0 Å². The fourth-order valence-corrected chi connectivity index (χ4v) is 7.44. The second-order valence-corrected chi connectivity index (χ2v) is 17.5. The van der Waals surface area contributed by atoms with Crippen LogP contribution in [-0.4, -0.2) is 110 Å². The Kier molecular flexibility index (Phi) is 35.2. The minimum Gasteiger partial charge on any atom is -0.462 e. The summed E-state index contributed by atoms with van der Waals surface area (Å²) in [7, 11) is -5.16. The molecule has 0 radical (unpaired) electrons. The van der Waals surface area contributed by atoms with Crippen LogP contribution in [-0.2, 0) is 32.7 Å².